The minimum Gasteiger partial charge on any atom is -0.365 e. The quantitative estimate of drug-likeness (QED) is 0.481. The van der Waals surface area contributed by atoms with Gasteiger partial charge in [0, 0.05) is 36.6 Å². The van der Waals surface area contributed by atoms with E-state index in [0.29, 0.717) is 30.1 Å². The lowest BCUT2D eigenvalue weighted by atomic mass is 10.0. The Labute approximate surface area is 209 Å². The zero-order chi connectivity index (χ0) is 25.2. The summed E-state index contributed by atoms with van der Waals surface area (Å²) in [6, 6.07) is 15.2. The molecule has 2 heterocycles. The second-order valence-corrected chi connectivity index (χ2v) is 11.5. The number of hydrogen-bond acceptors (Lipinski definition) is 6. The number of carbonyl (C=O) groups excluding carboxylic acids is 2. The van der Waals surface area contributed by atoms with Crippen LogP contribution in [0.15, 0.2) is 59.5 Å². The summed E-state index contributed by atoms with van der Waals surface area (Å²) in [7, 11) is -1.74. The molecule has 1 aliphatic heterocycles. The molecule has 1 aromatic heterocycles. The summed E-state index contributed by atoms with van der Waals surface area (Å²) < 4.78 is 27.7. The number of benzene rings is 2. The van der Waals surface area contributed by atoms with Crippen molar-refractivity contribution in [1.29, 1.82) is 0 Å². The Balaban J connectivity index is 1.53. The Morgan fingerprint density at radius 3 is 2.43 bits per heavy atom. The van der Waals surface area contributed by atoms with Crippen molar-refractivity contribution in [2.75, 3.05) is 25.5 Å². The average Bonchev–Trinajstić information content (AvgIpc) is 3.20. The fourth-order valence-corrected chi connectivity index (χ4v) is 6.90. The standard InChI is InChI=1S/C25H28N4O4S2/c1-3-29(15-17-7-5-4-6-8-17)35(32,33)19-11-9-18(10-12-19)24(31)27-25-22(23(26)30)20-13-14-28(2)16-21(20)34-25/h4-12H,3,13-16H2,1-2H3,(H2,26,30)(H,27,31). The molecule has 0 aliphatic carbocycles. The molecule has 3 aromatic rings. The summed E-state index contributed by atoms with van der Waals surface area (Å²) in [6.45, 7) is 3.87. The summed E-state index contributed by atoms with van der Waals surface area (Å²) >= 11 is 1.36. The number of fused-ring (bicyclic) bond motifs is 1. The van der Waals surface area contributed by atoms with E-state index in [1.165, 1.54) is 39.9 Å². The number of thiophene rings is 1. The van der Waals surface area contributed by atoms with E-state index in [1.54, 1.807) is 6.92 Å². The van der Waals surface area contributed by atoms with Crippen LogP contribution in [0.25, 0.3) is 0 Å². The lowest BCUT2D eigenvalue weighted by Crippen LogP contribution is -2.30. The molecule has 2 aromatic carbocycles. The lowest BCUT2D eigenvalue weighted by Gasteiger charge is -2.22. The van der Waals surface area contributed by atoms with Gasteiger partial charge < -0.3 is 16.0 Å². The van der Waals surface area contributed by atoms with Gasteiger partial charge in [-0.1, -0.05) is 37.3 Å². The minimum absolute atomic E-state index is 0.110. The van der Waals surface area contributed by atoms with E-state index in [9.17, 15) is 18.0 Å². The van der Waals surface area contributed by atoms with Crippen molar-refractivity contribution >= 4 is 38.2 Å². The zero-order valence-corrected chi connectivity index (χ0v) is 21.3. The minimum atomic E-state index is -3.74. The Hall–Kier alpha value is -3.05. The number of nitrogens with one attached hydrogen (secondary N) is 1. The third kappa shape index (κ3) is 5.30. The van der Waals surface area contributed by atoms with Crippen molar-refractivity contribution < 1.29 is 18.0 Å². The number of primary amides is 1. The van der Waals surface area contributed by atoms with Gasteiger partial charge in [-0.25, -0.2) is 8.42 Å². The van der Waals surface area contributed by atoms with Gasteiger partial charge in [0.1, 0.15) is 5.00 Å². The van der Waals surface area contributed by atoms with E-state index in [1.807, 2.05) is 37.4 Å². The smallest absolute Gasteiger partial charge is 0.256 e. The monoisotopic (exact) mass is 512 g/mol. The van der Waals surface area contributed by atoms with Gasteiger partial charge in [0.2, 0.25) is 10.0 Å². The van der Waals surface area contributed by atoms with E-state index in [2.05, 4.69) is 10.2 Å². The van der Waals surface area contributed by atoms with E-state index >= 15 is 0 Å². The highest BCUT2D eigenvalue weighted by atomic mass is 32.2. The molecule has 0 atom stereocenters. The summed E-state index contributed by atoms with van der Waals surface area (Å²) in [5.41, 5.74) is 8.07. The van der Waals surface area contributed by atoms with Crippen LogP contribution in [0.3, 0.4) is 0 Å². The summed E-state index contributed by atoms with van der Waals surface area (Å²) in [5, 5.41) is 3.24. The SMILES string of the molecule is CCN(Cc1ccccc1)S(=O)(=O)c1ccc(C(=O)Nc2sc3c(c2C(N)=O)CCN(C)C3)cc1. The van der Waals surface area contributed by atoms with Gasteiger partial charge in [-0.2, -0.15) is 4.31 Å². The highest BCUT2D eigenvalue weighted by Gasteiger charge is 2.27. The Kier molecular flexibility index (Phi) is 7.36. The number of rotatable bonds is 8. The number of amides is 2. The number of nitrogens with two attached hydrogens (primary N) is 1. The molecule has 0 fully saturated rings. The number of anilines is 1. The van der Waals surface area contributed by atoms with Gasteiger partial charge in [-0.3, -0.25) is 9.59 Å². The third-order valence-corrected chi connectivity index (χ3v) is 9.10. The second kappa shape index (κ2) is 10.3. The van der Waals surface area contributed by atoms with Crippen LogP contribution in [0.5, 0.6) is 0 Å². The molecule has 3 N–H and O–H groups in total. The maximum Gasteiger partial charge on any atom is 0.256 e. The van der Waals surface area contributed by atoms with E-state index in [-0.39, 0.29) is 17.0 Å². The molecular formula is C25H28N4O4S2. The first-order chi connectivity index (χ1) is 16.7. The van der Waals surface area contributed by atoms with Crippen LogP contribution in [0.2, 0.25) is 0 Å². The van der Waals surface area contributed by atoms with Crippen LogP contribution in [-0.2, 0) is 29.5 Å². The molecule has 1 aliphatic rings. The van der Waals surface area contributed by atoms with E-state index in [0.717, 1.165) is 22.5 Å². The molecule has 0 saturated heterocycles. The summed E-state index contributed by atoms with van der Waals surface area (Å²) in [5.74, 6) is -0.998. The Morgan fingerprint density at radius 2 is 1.80 bits per heavy atom. The largest absolute Gasteiger partial charge is 0.365 e. The molecular weight excluding hydrogens is 484 g/mol. The first-order valence-electron chi connectivity index (χ1n) is 11.3. The van der Waals surface area contributed by atoms with Crippen molar-refractivity contribution in [2.24, 2.45) is 5.73 Å². The maximum absolute atomic E-state index is 13.2. The van der Waals surface area contributed by atoms with Crippen LogP contribution in [0.1, 0.15) is 43.6 Å². The summed E-state index contributed by atoms with van der Waals surface area (Å²) in [4.78, 5) is 28.3. The number of carbonyl (C=O) groups is 2. The highest BCUT2D eigenvalue weighted by molar-refractivity contribution is 7.89. The van der Waals surface area contributed by atoms with Gasteiger partial charge in [0.05, 0.1) is 10.5 Å². The van der Waals surface area contributed by atoms with Crippen molar-refractivity contribution in [3.63, 3.8) is 0 Å². The van der Waals surface area contributed by atoms with Gasteiger partial charge in [0.15, 0.2) is 0 Å². The molecule has 0 spiro atoms. The van der Waals surface area contributed by atoms with E-state index in [4.69, 9.17) is 5.73 Å². The molecule has 8 nitrogen and oxygen atoms in total. The topological polar surface area (TPSA) is 113 Å². The zero-order valence-electron chi connectivity index (χ0n) is 19.7. The molecule has 184 valence electrons. The van der Waals surface area contributed by atoms with E-state index < -0.39 is 21.8 Å². The fourth-order valence-electron chi connectivity index (χ4n) is 4.14. The predicted molar refractivity (Wildman–Crippen MR) is 137 cm³/mol. The van der Waals surface area contributed by atoms with Crippen LogP contribution < -0.4 is 11.1 Å². The van der Waals surface area contributed by atoms with Crippen molar-refractivity contribution in [2.45, 2.75) is 31.3 Å². The van der Waals surface area contributed by atoms with Crippen molar-refractivity contribution in [3.05, 3.63) is 81.7 Å². The molecule has 35 heavy (non-hydrogen) atoms. The molecule has 0 radical (unpaired) electrons. The normalized spacial score (nSPS) is 14.0. The number of sulfonamides is 1. The predicted octanol–water partition coefficient (Wildman–Crippen LogP) is 3.30. The van der Waals surface area contributed by atoms with Crippen LogP contribution in [0.4, 0.5) is 5.00 Å². The molecule has 10 heteroatoms. The number of nitrogens with zero attached hydrogens (tertiary/aromatic N) is 2. The number of likely N-dealkylation sites (N-methyl/N-ethyl adjacent to an activating group) is 1. The first-order valence-corrected chi connectivity index (χ1v) is 13.5. The lowest BCUT2D eigenvalue weighted by molar-refractivity contribution is 0.1000. The van der Waals surface area contributed by atoms with Gasteiger partial charge >= 0.3 is 0 Å². The third-order valence-electron chi connectivity index (χ3n) is 6.03. The second-order valence-electron chi connectivity index (χ2n) is 8.46. The highest BCUT2D eigenvalue weighted by Crippen LogP contribution is 2.37. The average molecular weight is 513 g/mol. The van der Waals surface area contributed by atoms with Crippen LogP contribution >= 0.6 is 11.3 Å². The molecule has 0 saturated carbocycles. The Morgan fingerprint density at radius 1 is 1.11 bits per heavy atom. The van der Waals surface area contributed by atoms with Crippen LogP contribution in [0, 0.1) is 0 Å². The first kappa shape index (κ1) is 25.1. The maximum atomic E-state index is 13.2. The van der Waals surface area contributed by atoms with Gasteiger partial charge in [-0.05, 0) is 48.9 Å². The van der Waals surface area contributed by atoms with Crippen LogP contribution in [-0.4, -0.2) is 49.6 Å². The fraction of sp³-hybridized carbons (Fsp3) is 0.280. The van der Waals surface area contributed by atoms with Crippen molar-refractivity contribution in [1.82, 2.24) is 9.21 Å². The molecule has 0 unspecified atom stereocenters. The summed E-state index contributed by atoms with van der Waals surface area (Å²) in [6.07, 6.45) is 0.694. The molecule has 0 bridgehead atoms. The van der Waals surface area contributed by atoms with Crippen molar-refractivity contribution in [3.8, 4) is 0 Å². The number of hydrogen-bond donors (Lipinski definition) is 2. The molecule has 2 amide bonds. The van der Waals surface area contributed by atoms with Gasteiger partial charge in [-0.15, -0.1) is 11.3 Å². The van der Waals surface area contributed by atoms with Gasteiger partial charge in [0.25, 0.3) is 11.8 Å². The Bertz CT molecular complexity index is 1340. The molecule has 4 rings (SSSR count).